The largest absolute Gasteiger partial charge is 0.489 e. The second-order valence-electron chi connectivity index (χ2n) is 6.17. The van der Waals surface area contributed by atoms with Crippen LogP contribution in [0, 0.1) is 0 Å². The summed E-state index contributed by atoms with van der Waals surface area (Å²) in [6.07, 6.45) is 3.26. The average Bonchev–Trinajstić information content (AvgIpc) is 2.70. The molecule has 0 saturated carbocycles. The second kappa shape index (κ2) is 9.98. The number of carbonyl (C=O) groups excluding carboxylic acids is 1. The van der Waals surface area contributed by atoms with Crippen LogP contribution in [0.5, 0.6) is 5.75 Å². The zero-order valence-corrected chi connectivity index (χ0v) is 16.6. The third-order valence-corrected chi connectivity index (χ3v) is 4.43. The van der Waals surface area contributed by atoms with Crippen LogP contribution in [0.15, 0.2) is 78.9 Å². The fraction of sp³-hybridized carbons (Fsp3) is 0.0870. The van der Waals surface area contributed by atoms with E-state index < -0.39 is 0 Å². The number of hydrogen-bond acceptors (Lipinski definition) is 2. The molecule has 0 aliphatic rings. The molecular weight excluding hydrogens is 393 g/mol. The number of hydrogen-bond donors (Lipinski definition) is 1. The Morgan fingerprint density at radius 2 is 1.54 bits per heavy atom. The van der Waals surface area contributed by atoms with Crippen molar-refractivity contribution in [3.05, 3.63) is 106 Å². The van der Waals surface area contributed by atoms with E-state index in [9.17, 15) is 4.79 Å². The van der Waals surface area contributed by atoms with Gasteiger partial charge in [-0.25, -0.2) is 0 Å². The number of nitrogens with one attached hydrogen (secondary N) is 1. The molecule has 3 aromatic carbocycles. The first kappa shape index (κ1) is 20.0. The monoisotopic (exact) mass is 411 g/mol. The van der Waals surface area contributed by atoms with Crippen molar-refractivity contribution >= 4 is 35.2 Å². The van der Waals surface area contributed by atoms with Gasteiger partial charge in [-0.2, -0.15) is 0 Å². The topological polar surface area (TPSA) is 38.3 Å². The van der Waals surface area contributed by atoms with Crippen molar-refractivity contribution in [3.63, 3.8) is 0 Å². The zero-order chi connectivity index (χ0) is 19.8. The van der Waals surface area contributed by atoms with E-state index in [1.54, 1.807) is 12.1 Å². The van der Waals surface area contributed by atoms with Gasteiger partial charge >= 0.3 is 0 Å². The van der Waals surface area contributed by atoms with Crippen molar-refractivity contribution in [2.75, 3.05) is 0 Å². The summed E-state index contributed by atoms with van der Waals surface area (Å²) >= 11 is 11.9. The van der Waals surface area contributed by atoms with Crippen LogP contribution in [0.1, 0.15) is 16.7 Å². The van der Waals surface area contributed by atoms with Crippen LogP contribution in [0.2, 0.25) is 10.0 Å². The SMILES string of the molecule is O=C(C=Cc1ccc(OCc2cccc(Cl)c2)cc1)NCc1cccc(Cl)c1. The van der Waals surface area contributed by atoms with E-state index in [-0.39, 0.29) is 5.91 Å². The highest BCUT2D eigenvalue weighted by Gasteiger charge is 2.00. The van der Waals surface area contributed by atoms with E-state index in [2.05, 4.69) is 5.32 Å². The van der Waals surface area contributed by atoms with Gasteiger partial charge in [-0.3, -0.25) is 4.79 Å². The van der Waals surface area contributed by atoms with Crippen molar-refractivity contribution in [2.45, 2.75) is 13.2 Å². The Kier molecular flexibility index (Phi) is 7.12. The molecule has 0 bridgehead atoms. The van der Waals surface area contributed by atoms with Crippen molar-refractivity contribution < 1.29 is 9.53 Å². The molecule has 142 valence electrons. The van der Waals surface area contributed by atoms with Gasteiger partial charge in [0.2, 0.25) is 5.91 Å². The highest BCUT2D eigenvalue weighted by molar-refractivity contribution is 6.30. The fourth-order valence-electron chi connectivity index (χ4n) is 2.54. The lowest BCUT2D eigenvalue weighted by Crippen LogP contribution is -2.20. The number of halogens is 2. The van der Waals surface area contributed by atoms with Gasteiger partial charge in [-0.15, -0.1) is 0 Å². The molecule has 3 nitrogen and oxygen atoms in total. The molecule has 5 heteroatoms. The quantitative estimate of drug-likeness (QED) is 0.491. The lowest BCUT2D eigenvalue weighted by atomic mass is 10.2. The molecule has 0 fully saturated rings. The van der Waals surface area contributed by atoms with Gasteiger partial charge in [-0.05, 0) is 59.2 Å². The number of rotatable bonds is 7. The maximum Gasteiger partial charge on any atom is 0.244 e. The highest BCUT2D eigenvalue weighted by Crippen LogP contribution is 2.17. The molecule has 0 spiro atoms. The summed E-state index contributed by atoms with van der Waals surface area (Å²) in [5, 5.41) is 4.17. The second-order valence-corrected chi connectivity index (χ2v) is 7.04. The molecule has 3 rings (SSSR count). The molecule has 0 aliphatic heterocycles. The standard InChI is InChI=1S/C23H19Cl2NO2/c24-20-5-1-3-18(13-20)15-26-23(27)12-9-17-7-10-22(11-8-17)28-16-19-4-2-6-21(25)14-19/h1-14H,15-16H2,(H,26,27). The third kappa shape index (κ3) is 6.45. The van der Waals surface area contributed by atoms with Gasteiger partial charge in [0.25, 0.3) is 0 Å². The zero-order valence-electron chi connectivity index (χ0n) is 15.1. The normalized spacial score (nSPS) is 10.8. The summed E-state index contributed by atoms with van der Waals surface area (Å²) in [5.74, 6) is 0.587. The number of carbonyl (C=O) groups is 1. The minimum atomic E-state index is -0.166. The third-order valence-electron chi connectivity index (χ3n) is 3.96. The number of ether oxygens (including phenoxy) is 1. The summed E-state index contributed by atoms with van der Waals surface area (Å²) in [4.78, 5) is 12.0. The molecule has 1 amide bonds. The number of amides is 1. The lowest BCUT2D eigenvalue weighted by Gasteiger charge is -2.07. The van der Waals surface area contributed by atoms with Crippen LogP contribution in [0.3, 0.4) is 0 Å². The fourth-order valence-corrected chi connectivity index (χ4v) is 2.96. The molecular formula is C23H19Cl2NO2. The predicted molar refractivity (Wildman–Crippen MR) is 115 cm³/mol. The summed E-state index contributed by atoms with van der Waals surface area (Å²) in [7, 11) is 0. The molecule has 28 heavy (non-hydrogen) atoms. The molecule has 0 heterocycles. The van der Waals surface area contributed by atoms with Crippen LogP contribution in [-0.4, -0.2) is 5.91 Å². The van der Waals surface area contributed by atoms with Gasteiger partial charge in [0.05, 0.1) is 0 Å². The summed E-state index contributed by atoms with van der Waals surface area (Å²) in [5.41, 5.74) is 2.87. The van der Waals surface area contributed by atoms with Crippen LogP contribution in [0.4, 0.5) is 0 Å². The molecule has 0 aromatic heterocycles. The van der Waals surface area contributed by atoms with Crippen molar-refractivity contribution in [3.8, 4) is 5.75 Å². The Bertz CT molecular complexity index is 968. The van der Waals surface area contributed by atoms with Crippen molar-refractivity contribution in [2.24, 2.45) is 0 Å². The Hall–Kier alpha value is -2.75. The first-order chi connectivity index (χ1) is 13.6. The average molecular weight is 412 g/mol. The van der Waals surface area contributed by atoms with E-state index in [0.29, 0.717) is 23.2 Å². The summed E-state index contributed by atoms with van der Waals surface area (Å²) in [6.45, 7) is 0.877. The molecule has 0 radical (unpaired) electrons. The van der Waals surface area contributed by atoms with E-state index in [1.165, 1.54) is 6.08 Å². The Morgan fingerprint density at radius 1 is 0.893 bits per heavy atom. The predicted octanol–water partition coefficient (Wildman–Crippen LogP) is 5.90. The van der Waals surface area contributed by atoms with Crippen LogP contribution < -0.4 is 10.1 Å². The van der Waals surface area contributed by atoms with E-state index in [0.717, 1.165) is 22.4 Å². The minimum absolute atomic E-state index is 0.166. The molecule has 1 N–H and O–H groups in total. The molecule has 3 aromatic rings. The summed E-state index contributed by atoms with van der Waals surface area (Å²) < 4.78 is 5.75. The Labute approximate surface area is 174 Å². The van der Waals surface area contributed by atoms with Crippen molar-refractivity contribution in [1.82, 2.24) is 5.32 Å². The van der Waals surface area contributed by atoms with Gasteiger partial charge in [0.15, 0.2) is 0 Å². The molecule has 0 unspecified atom stereocenters. The lowest BCUT2D eigenvalue weighted by molar-refractivity contribution is -0.116. The Morgan fingerprint density at radius 3 is 2.21 bits per heavy atom. The van der Waals surface area contributed by atoms with Gasteiger partial charge in [-0.1, -0.05) is 59.6 Å². The molecule has 0 aliphatic carbocycles. The van der Waals surface area contributed by atoms with Gasteiger partial charge < -0.3 is 10.1 Å². The Balaban J connectivity index is 1.48. The van der Waals surface area contributed by atoms with Crippen LogP contribution >= 0.6 is 23.2 Å². The van der Waals surface area contributed by atoms with Crippen molar-refractivity contribution in [1.29, 1.82) is 0 Å². The molecule has 0 saturated heterocycles. The summed E-state index contributed by atoms with van der Waals surface area (Å²) in [6, 6.07) is 22.5. The van der Waals surface area contributed by atoms with Gasteiger partial charge in [0, 0.05) is 22.7 Å². The first-order valence-corrected chi connectivity index (χ1v) is 9.52. The number of benzene rings is 3. The maximum atomic E-state index is 12.0. The van der Waals surface area contributed by atoms with E-state index in [1.807, 2.05) is 66.7 Å². The van der Waals surface area contributed by atoms with E-state index >= 15 is 0 Å². The molecule has 0 atom stereocenters. The first-order valence-electron chi connectivity index (χ1n) is 8.76. The minimum Gasteiger partial charge on any atom is -0.489 e. The van der Waals surface area contributed by atoms with Crippen LogP contribution in [0.25, 0.3) is 6.08 Å². The van der Waals surface area contributed by atoms with Gasteiger partial charge in [0.1, 0.15) is 12.4 Å². The highest BCUT2D eigenvalue weighted by atomic mass is 35.5. The smallest absolute Gasteiger partial charge is 0.244 e. The van der Waals surface area contributed by atoms with Crippen LogP contribution in [-0.2, 0) is 17.9 Å². The van der Waals surface area contributed by atoms with E-state index in [4.69, 9.17) is 27.9 Å². The maximum absolute atomic E-state index is 12.0.